The molecule has 1 aromatic heterocycles. The first-order valence-electron chi connectivity index (χ1n) is 4.86. The second-order valence-electron chi connectivity index (χ2n) is 3.56. The molecule has 1 unspecified atom stereocenters. The third-order valence-electron chi connectivity index (χ3n) is 2.45. The van der Waals surface area contributed by atoms with E-state index in [0.717, 1.165) is 17.2 Å². The zero-order chi connectivity index (χ0) is 9.97. The van der Waals surface area contributed by atoms with E-state index in [0.29, 0.717) is 0 Å². The Hall–Kier alpha value is 0.0200. The standard InChI is InChI=1S/C11H12Cl2S/c12-9-4-2-1-3-8(7-9)10-5-6-11(13)14-10/h5-7,9H,1-4H2. The monoisotopic (exact) mass is 246 g/mol. The van der Waals surface area contributed by atoms with Crippen molar-refractivity contribution in [2.24, 2.45) is 0 Å². The fraction of sp³-hybridized carbons (Fsp3) is 0.455. The lowest BCUT2D eigenvalue weighted by molar-refractivity contribution is 0.724. The summed E-state index contributed by atoms with van der Waals surface area (Å²) in [6.45, 7) is 0. The van der Waals surface area contributed by atoms with Gasteiger partial charge in [0, 0.05) is 4.88 Å². The van der Waals surface area contributed by atoms with Gasteiger partial charge in [-0.25, -0.2) is 0 Å². The van der Waals surface area contributed by atoms with Crippen molar-refractivity contribution in [3.05, 3.63) is 27.4 Å². The first-order valence-corrected chi connectivity index (χ1v) is 6.49. The molecule has 0 spiro atoms. The molecule has 76 valence electrons. The topological polar surface area (TPSA) is 0 Å². The summed E-state index contributed by atoms with van der Waals surface area (Å²) in [6, 6.07) is 4.05. The van der Waals surface area contributed by atoms with Crippen molar-refractivity contribution in [3.8, 4) is 0 Å². The van der Waals surface area contributed by atoms with Crippen LogP contribution >= 0.6 is 34.5 Å². The molecule has 3 heteroatoms. The van der Waals surface area contributed by atoms with Crippen molar-refractivity contribution >= 4 is 40.1 Å². The molecule has 0 saturated carbocycles. The first-order chi connectivity index (χ1) is 6.75. The van der Waals surface area contributed by atoms with Gasteiger partial charge in [0.05, 0.1) is 9.71 Å². The Bertz CT molecular complexity index is 341. The molecule has 1 heterocycles. The van der Waals surface area contributed by atoms with Gasteiger partial charge in [0.25, 0.3) is 0 Å². The Morgan fingerprint density at radius 2 is 2.14 bits per heavy atom. The Labute approximate surface area is 98.5 Å². The van der Waals surface area contributed by atoms with E-state index in [9.17, 15) is 0 Å². The Balaban J connectivity index is 2.23. The fourth-order valence-corrected chi connectivity index (χ4v) is 3.13. The van der Waals surface area contributed by atoms with Crippen molar-refractivity contribution in [3.63, 3.8) is 0 Å². The summed E-state index contributed by atoms with van der Waals surface area (Å²) in [7, 11) is 0. The van der Waals surface area contributed by atoms with Crippen LogP contribution in [0.25, 0.3) is 5.57 Å². The van der Waals surface area contributed by atoms with E-state index in [1.165, 1.54) is 23.3 Å². The molecule has 14 heavy (non-hydrogen) atoms. The molecule has 1 aromatic rings. The number of halogens is 2. The molecule has 1 atom stereocenters. The SMILES string of the molecule is Clc1ccc(C2=CC(Cl)CCCC2)s1. The van der Waals surface area contributed by atoms with Crippen molar-refractivity contribution in [1.29, 1.82) is 0 Å². The zero-order valence-electron chi connectivity index (χ0n) is 7.80. The summed E-state index contributed by atoms with van der Waals surface area (Å²) in [5, 5.41) is 0.202. The van der Waals surface area contributed by atoms with Crippen LogP contribution in [0.2, 0.25) is 4.34 Å². The van der Waals surface area contributed by atoms with Crippen LogP contribution in [0.3, 0.4) is 0 Å². The Morgan fingerprint density at radius 1 is 1.29 bits per heavy atom. The molecule has 1 aliphatic rings. The molecule has 1 aliphatic carbocycles. The Kier molecular flexibility index (Phi) is 3.53. The van der Waals surface area contributed by atoms with Gasteiger partial charge in [0.1, 0.15) is 0 Å². The highest BCUT2D eigenvalue weighted by Crippen LogP contribution is 2.33. The first kappa shape index (κ1) is 10.5. The minimum Gasteiger partial charge on any atom is -0.124 e. The third-order valence-corrected chi connectivity index (χ3v) is 4.10. The molecule has 0 nitrogen and oxygen atoms in total. The van der Waals surface area contributed by atoms with Crippen molar-refractivity contribution in [2.75, 3.05) is 0 Å². The lowest BCUT2D eigenvalue weighted by Crippen LogP contribution is -1.90. The summed E-state index contributed by atoms with van der Waals surface area (Å²) >= 11 is 13.7. The number of thiophene rings is 1. The molecule has 0 amide bonds. The lowest BCUT2D eigenvalue weighted by Gasteiger charge is -2.01. The van der Waals surface area contributed by atoms with Crippen LogP contribution in [0, 0.1) is 0 Å². The average Bonchev–Trinajstić information content (AvgIpc) is 2.45. The molecule has 0 saturated heterocycles. The van der Waals surface area contributed by atoms with Crippen molar-refractivity contribution < 1.29 is 0 Å². The van der Waals surface area contributed by atoms with Crippen LogP contribution in [0.4, 0.5) is 0 Å². The van der Waals surface area contributed by atoms with E-state index >= 15 is 0 Å². The van der Waals surface area contributed by atoms with E-state index in [4.69, 9.17) is 23.2 Å². The van der Waals surface area contributed by atoms with E-state index in [2.05, 4.69) is 12.1 Å². The van der Waals surface area contributed by atoms with Crippen LogP contribution < -0.4 is 0 Å². The molecule has 0 bridgehead atoms. The van der Waals surface area contributed by atoms with Gasteiger partial charge in [0.15, 0.2) is 0 Å². The molecular weight excluding hydrogens is 235 g/mol. The highest BCUT2D eigenvalue weighted by atomic mass is 35.5. The summed E-state index contributed by atoms with van der Waals surface area (Å²) in [4.78, 5) is 1.28. The van der Waals surface area contributed by atoms with Crippen molar-refractivity contribution in [1.82, 2.24) is 0 Å². The number of alkyl halides is 1. The van der Waals surface area contributed by atoms with Crippen LogP contribution in [0.5, 0.6) is 0 Å². The van der Waals surface area contributed by atoms with Gasteiger partial charge < -0.3 is 0 Å². The van der Waals surface area contributed by atoms with E-state index in [-0.39, 0.29) is 5.38 Å². The maximum atomic E-state index is 6.17. The van der Waals surface area contributed by atoms with Crippen LogP contribution in [0.1, 0.15) is 30.6 Å². The normalized spacial score (nSPS) is 23.0. The zero-order valence-corrected chi connectivity index (χ0v) is 10.1. The molecule has 0 aromatic carbocycles. The van der Waals surface area contributed by atoms with Gasteiger partial charge in [-0.15, -0.1) is 22.9 Å². The second-order valence-corrected chi connectivity index (χ2v) is 5.83. The molecule has 0 aliphatic heterocycles. The summed E-state index contributed by atoms with van der Waals surface area (Å²) < 4.78 is 0.858. The van der Waals surface area contributed by atoms with Gasteiger partial charge in [-0.3, -0.25) is 0 Å². The number of hydrogen-bond acceptors (Lipinski definition) is 1. The molecule has 0 fully saturated rings. The number of hydrogen-bond donors (Lipinski definition) is 0. The minimum absolute atomic E-state index is 0.202. The average molecular weight is 247 g/mol. The van der Waals surface area contributed by atoms with Gasteiger partial charge in [-0.1, -0.05) is 24.1 Å². The Morgan fingerprint density at radius 3 is 2.86 bits per heavy atom. The molecule has 0 radical (unpaired) electrons. The predicted molar refractivity (Wildman–Crippen MR) is 65.4 cm³/mol. The van der Waals surface area contributed by atoms with E-state index in [1.54, 1.807) is 11.3 Å². The lowest BCUT2D eigenvalue weighted by atomic mass is 10.1. The third kappa shape index (κ3) is 2.53. The van der Waals surface area contributed by atoms with Gasteiger partial charge in [-0.05, 0) is 37.0 Å². The number of allylic oxidation sites excluding steroid dienone is 2. The van der Waals surface area contributed by atoms with Gasteiger partial charge in [-0.2, -0.15) is 0 Å². The minimum atomic E-state index is 0.202. The molecule has 2 rings (SSSR count). The summed E-state index contributed by atoms with van der Waals surface area (Å²) in [5.41, 5.74) is 1.37. The van der Waals surface area contributed by atoms with Crippen molar-refractivity contribution in [2.45, 2.75) is 31.1 Å². The maximum absolute atomic E-state index is 6.17. The van der Waals surface area contributed by atoms with E-state index < -0.39 is 0 Å². The maximum Gasteiger partial charge on any atom is 0.0934 e. The van der Waals surface area contributed by atoms with E-state index in [1.807, 2.05) is 6.07 Å². The highest BCUT2D eigenvalue weighted by Gasteiger charge is 2.12. The van der Waals surface area contributed by atoms with Gasteiger partial charge in [0.2, 0.25) is 0 Å². The second kappa shape index (κ2) is 4.69. The summed E-state index contributed by atoms with van der Waals surface area (Å²) in [6.07, 6.45) is 6.90. The van der Waals surface area contributed by atoms with Gasteiger partial charge >= 0.3 is 0 Å². The summed E-state index contributed by atoms with van der Waals surface area (Å²) in [5.74, 6) is 0. The smallest absolute Gasteiger partial charge is 0.0934 e. The highest BCUT2D eigenvalue weighted by molar-refractivity contribution is 7.17. The fourth-order valence-electron chi connectivity index (χ4n) is 1.73. The largest absolute Gasteiger partial charge is 0.124 e. The quantitative estimate of drug-likeness (QED) is 0.615. The van der Waals surface area contributed by atoms with Crippen LogP contribution in [-0.2, 0) is 0 Å². The predicted octanol–water partition coefficient (Wildman–Crippen LogP) is 4.97. The van der Waals surface area contributed by atoms with Crippen LogP contribution in [0.15, 0.2) is 18.2 Å². The molecule has 0 N–H and O–H groups in total. The molecular formula is C11H12Cl2S. The number of rotatable bonds is 1. The van der Waals surface area contributed by atoms with Crippen LogP contribution in [-0.4, -0.2) is 5.38 Å².